The number of nitrogens with one attached hydrogen (secondary N) is 1. The van der Waals surface area contributed by atoms with Crippen LogP contribution < -0.4 is 16.9 Å². The Morgan fingerprint density at radius 3 is 2.85 bits per heavy atom. The van der Waals surface area contributed by atoms with E-state index in [1.54, 1.807) is 17.1 Å². The lowest BCUT2D eigenvalue weighted by Gasteiger charge is -2.14. The van der Waals surface area contributed by atoms with Crippen LogP contribution in [0.15, 0.2) is 47.8 Å². The second-order valence-corrected chi connectivity index (χ2v) is 6.38. The third-order valence-electron chi connectivity index (χ3n) is 4.06. The van der Waals surface area contributed by atoms with E-state index in [0.717, 1.165) is 16.6 Å². The van der Waals surface area contributed by atoms with E-state index >= 15 is 0 Å². The van der Waals surface area contributed by atoms with Gasteiger partial charge in [-0.15, -0.1) is 0 Å². The van der Waals surface area contributed by atoms with Gasteiger partial charge in [-0.3, -0.25) is 0 Å². The van der Waals surface area contributed by atoms with Gasteiger partial charge in [0.1, 0.15) is 5.84 Å². The van der Waals surface area contributed by atoms with E-state index in [2.05, 4.69) is 20.5 Å². The van der Waals surface area contributed by atoms with Crippen molar-refractivity contribution in [3.05, 3.63) is 53.9 Å². The molecule has 2 heterocycles. The summed E-state index contributed by atoms with van der Waals surface area (Å²) in [6, 6.07) is 9.63. The normalized spacial score (nSPS) is 13.5. The van der Waals surface area contributed by atoms with Gasteiger partial charge in [-0.2, -0.15) is 10.2 Å². The molecule has 0 amide bonds. The minimum Gasteiger partial charge on any atom is -0.387 e. The van der Waals surface area contributed by atoms with Gasteiger partial charge in [-0.25, -0.2) is 9.67 Å². The molecular formula is C18H23N7O. The molecule has 3 rings (SSSR count). The van der Waals surface area contributed by atoms with Crippen molar-refractivity contribution >= 4 is 16.9 Å². The average Bonchev–Trinajstić information content (AvgIpc) is 3.08. The number of nitrogens with two attached hydrogens (primary N) is 2. The van der Waals surface area contributed by atoms with Crippen molar-refractivity contribution in [2.75, 3.05) is 6.54 Å². The second-order valence-electron chi connectivity index (χ2n) is 6.38. The molecule has 0 radical (unpaired) electrons. The topological polar surface area (TPSA) is 127 Å². The van der Waals surface area contributed by atoms with Crippen molar-refractivity contribution < 1.29 is 5.11 Å². The van der Waals surface area contributed by atoms with Crippen molar-refractivity contribution in [2.45, 2.75) is 26.0 Å². The Morgan fingerprint density at radius 2 is 2.12 bits per heavy atom. The van der Waals surface area contributed by atoms with E-state index in [9.17, 15) is 5.11 Å². The Bertz CT molecular complexity index is 932. The summed E-state index contributed by atoms with van der Waals surface area (Å²) < 4.78 is 1.71. The maximum absolute atomic E-state index is 10.3. The maximum Gasteiger partial charge on any atom is 0.162 e. The number of aromatic nitrogens is 3. The molecule has 3 aromatic rings. The Hall–Kier alpha value is -2.97. The number of benzene rings is 1. The molecule has 8 heteroatoms. The van der Waals surface area contributed by atoms with Crippen LogP contribution in [0.5, 0.6) is 0 Å². The van der Waals surface area contributed by atoms with E-state index < -0.39 is 6.10 Å². The van der Waals surface area contributed by atoms with Crippen molar-refractivity contribution in [2.24, 2.45) is 16.7 Å². The van der Waals surface area contributed by atoms with Crippen LogP contribution in [-0.4, -0.2) is 38.3 Å². The summed E-state index contributed by atoms with van der Waals surface area (Å²) in [6.07, 6.45) is 2.77. The third-order valence-corrected chi connectivity index (χ3v) is 4.06. The zero-order valence-electron chi connectivity index (χ0n) is 14.8. The smallest absolute Gasteiger partial charge is 0.162 e. The highest BCUT2D eigenvalue weighted by molar-refractivity contribution is 5.97. The summed E-state index contributed by atoms with van der Waals surface area (Å²) in [5.41, 5.74) is 8.73. The number of hydrogen-bond donors (Lipinski definition) is 4. The van der Waals surface area contributed by atoms with Gasteiger partial charge in [-0.1, -0.05) is 26.0 Å². The first-order chi connectivity index (χ1) is 12.5. The number of fused-ring (bicyclic) bond motifs is 1. The summed E-state index contributed by atoms with van der Waals surface area (Å²) in [5.74, 6) is 5.50. The number of rotatable bonds is 6. The lowest BCUT2D eigenvalue weighted by Crippen LogP contribution is -2.27. The standard InChI is InChI=1S/C18H23N7O/c1-11(2)21-10-16(26)13-6-14-9-23-25(18(14)22-8-13)15-5-3-4-12(7-15)17(19)24-20/h3-9,11,16,21,26H,10,20H2,1-2H3,(H2,19,24). The molecule has 0 aliphatic carbocycles. The largest absolute Gasteiger partial charge is 0.387 e. The summed E-state index contributed by atoms with van der Waals surface area (Å²) in [6.45, 7) is 4.54. The molecule has 2 aromatic heterocycles. The lowest BCUT2D eigenvalue weighted by molar-refractivity contribution is 0.171. The molecule has 1 aromatic carbocycles. The lowest BCUT2D eigenvalue weighted by atomic mass is 10.1. The number of hydrogen-bond acceptors (Lipinski definition) is 6. The van der Waals surface area contributed by atoms with Crippen LogP contribution in [0.1, 0.15) is 31.1 Å². The number of hydrazone groups is 1. The molecule has 0 fully saturated rings. The highest BCUT2D eigenvalue weighted by atomic mass is 16.3. The Morgan fingerprint density at radius 1 is 1.31 bits per heavy atom. The van der Waals surface area contributed by atoms with Gasteiger partial charge in [-0.05, 0) is 18.2 Å². The molecule has 1 atom stereocenters. The van der Waals surface area contributed by atoms with Crippen LogP contribution in [-0.2, 0) is 0 Å². The van der Waals surface area contributed by atoms with Crippen molar-refractivity contribution in [1.82, 2.24) is 20.1 Å². The average molecular weight is 353 g/mol. The van der Waals surface area contributed by atoms with Gasteiger partial charge in [0.25, 0.3) is 0 Å². The Balaban J connectivity index is 1.93. The number of aliphatic hydroxyl groups is 1. The number of aliphatic hydroxyl groups excluding tert-OH is 1. The fourth-order valence-corrected chi connectivity index (χ4v) is 2.65. The van der Waals surface area contributed by atoms with Gasteiger partial charge in [0.15, 0.2) is 5.65 Å². The molecule has 136 valence electrons. The van der Waals surface area contributed by atoms with Crippen LogP contribution >= 0.6 is 0 Å². The highest BCUT2D eigenvalue weighted by Crippen LogP contribution is 2.21. The van der Waals surface area contributed by atoms with Crippen molar-refractivity contribution in [3.63, 3.8) is 0 Å². The van der Waals surface area contributed by atoms with E-state index in [1.165, 1.54) is 0 Å². The zero-order chi connectivity index (χ0) is 18.7. The van der Waals surface area contributed by atoms with Gasteiger partial charge < -0.3 is 22.0 Å². The molecule has 0 aliphatic heterocycles. The van der Waals surface area contributed by atoms with Crippen LogP contribution in [0.25, 0.3) is 16.7 Å². The summed E-state index contributed by atoms with van der Waals surface area (Å²) >= 11 is 0. The number of nitrogens with zero attached hydrogens (tertiary/aromatic N) is 4. The summed E-state index contributed by atoms with van der Waals surface area (Å²) in [4.78, 5) is 4.49. The van der Waals surface area contributed by atoms with E-state index in [4.69, 9.17) is 11.6 Å². The highest BCUT2D eigenvalue weighted by Gasteiger charge is 2.13. The molecule has 0 aliphatic rings. The Labute approximate surface area is 151 Å². The number of amidine groups is 1. The predicted octanol–water partition coefficient (Wildman–Crippen LogP) is 1.03. The van der Waals surface area contributed by atoms with Crippen LogP contribution in [0.3, 0.4) is 0 Å². The van der Waals surface area contributed by atoms with E-state index in [1.807, 2.05) is 44.2 Å². The maximum atomic E-state index is 10.3. The molecule has 6 N–H and O–H groups in total. The first kappa shape index (κ1) is 17.8. The van der Waals surface area contributed by atoms with Gasteiger partial charge in [0.2, 0.25) is 0 Å². The molecule has 0 saturated heterocycles. The molecule has 1 unspecified atom stereocenters. The quantitative estimate of drug-likeness (QED) is 0.227. The molecule has 0 spiro atoms. The molecular weight excluding hydrogens is 330 g/mol. The number of pyridine rings is 1. The third kappa shape index (κ3) is 3.66. The van der Waals surface area contributed by atoms with Gasteiger partial charge >= 0.3 is 0 Å². The van der Waals surface area contributed by atoms with Crippen LogP contribution in [0.4, 0.5) is 0 Å². The predicted molar refractivity (Wildman–Crippen MR) is 102 cm³/mol. The minimum atomic E-state index is -0.624. The van der Waals surface area contributed by atoms with Crippen LogP contribution in [0.2, 0.25) is 0 Å². The van der Waals surface area contributed by atoms with Gasteiger partial charge in [0.05, 0.1) is 18.0 Å². The summed E-state index contributed by atoms with van der Waals surface area (Å²) in [7, 11) is 0. The summed E-state index contributed by atoms with van der Waals surface area (Å²) in [5, 5.41) is 22.3. The van der Waals surface area contributed by atoms with Crippen molar-refractivity contribution in [1.29, 1.82) is 0 Å². The minimum absolute atomic E-state index is 0.249. The fourth-order valence-electron chi connectivity index (χ4n) is 2.65. The van der Waals surface area contributed by atoms with Crippen molar-refractivity contribution in [3.8, 4) is 5.69 Å². The second kappa shape index (κ2) is 7.51. The fraction of sp³-hybridized carbons (Fsp3) is 0.278. The van der Waals surface area contributed by atoms with Crippen LogP contribution in [0, 0.1) is 0 Å². The molecule has 0 saturated carbocycles. The van der Waals surface area contributed by atoms with Gasteiger partial charge in [0, 0.05) is 35.3 Å². The molecule has 8 nitrogen and oxygen atoms in total. The SMILES string of the molecule is CC(C)NCC(O)c1cnc2c(cnn2-c2cccc(/C(N)=N/N)c2)c1. The molecule has 26 heavy (non-hydrogen) atoms. The Kier molecular flexibility index (Phi) is 5.15. The first-order valence-electron chi connectivity index (χ1n) is 8.39. The monoisotopic (exact) mass is 353 g/mol. The zero-order valence-corrected chi connectivity index (χ0v) is 14.8. The first-order valence-corrected chi connectivity index (χ1v) is 8.39. The van der Waals surface area contributed by atoms with E-state index in [0.29, 0.717) is 23.8 Å². The molecule has 0 bridgehead atoms. The van der Waals surface area contributed by atoms with E-state index in [-0.39, 0.29) is 5.84 Å².